The number of nitrogens with zero attached hydrogens (tertiary/aromatic N) is 1. The van der Waals surface area contributed by atoms with E-state index in [0.717, 1.165) is 23.2 Å². The van der Waals surface area contributed by atoms with E-state index >= 15 is 0 Å². The molecule has 90 valence electrons. The summed E-state index contributed by atoms with van der Waals surface area (Å²) in [6, 6.07) is 4.65. The molecule has 0 saturated carbocycles. The van der Waals surface area contributed by atoms with Crippen molar-refractivity contribution < 1.29 is 9.18 Å². The zero-order valence-electron chi connectivity index (χ0n) is 9.71. The van der Waals surface area contributed by atoms with Crippen molar-refractivity contribution in [3.05, 3.63) is 41.2 Å². The zero-order valence-corrected chi connectivity index (χ0v) is 11.9. The van der Waals surface area contributed by atoms with E-state index in [2.05, 4.69) is 22.6 Å². The molecule has 1 amide bonds. The van der Waals surface area contributed by atoms with E-state index in [-0.39, 0.29) is 15.6 Å². The van der Waals surface area contributed by atoms with E-state index in [0.29, 0.717) is 0 Å². The lowest BCUT2D eigenvalue weighted by atomic mass is 10.0. The number of carbonyl (C=O) groups excluding carboxylic acids is 1. The Kier molecular flexibility index (Phi) is 3.51. The largest absolute Gasteiger partial charge is 0.314 e. The van der Waals surface area contributed by atoms with Crippen molar-refractivity contribution in [2.45, 2.75) is 17.3 Å². The minimum absolute atomic E-state index is 0.00195. The standard InChI is InChI=1S/C13H13FINO/c1-8-7-9(14)3-4-10(8)12-6-5-11(15)13(17)16(12)2/h3-4,6-7,11H,5H2,1-2H3. The second-order valence-electron chi connectivity index (χ2n) is 4.15. The van der Waals surface area contributed by atoms with Crippen LogP contribution in [0.4, 0.5) is 4.39 Å². The number of amides is 1. The van der Waals surface area contributed by atoms with Gasteiger partial charge in [-0.15, -0.1) is 0 Å². The summed E-state index contributed by atoms with van der Waals surface area (Å²) < 4.78 is 13.1. The molecule has 1 heterocycles. The van der Waals surface area contributed by atoms with Gasteiger partial charge in [0.05, 0.1) is 3.92 Å². The lowest BCUT2D eigenvalue weighted by molar-refractivity contribution is -0.126. The van der Waals surface area contributed by atoms with Gasteiger partial charge in [0.15, 0.2) is 0 Å². The topological polar surface area (TPSA) is 20.3 Å². The second-order valence-corrected chi connectivity index (χ2v) is 5.65. The third-order valence-electron chi connectivity index (χ3n) is 2.94. The number of hydrogen-bond donors (Lipinski definition) is 0. The molecule has 1 atom stereocenters. The van der Waals surface area contributed by atoms with Gasteiger partial charge in [0.2, 0.25) is 5.91 Å². The summed E-state index contributed by atoms with van der Waals surface area (Å²) in [5.41, 5.74) is 2.65. The molecule has 0 saturated heterocycles. The van der Waals surface area contributed by atoms with Gasteiger partial charge in [-0.05, 0) is 37.1 Å². The fourth-order valence-corrected chi connectivity index (χ4v) is 2.66. The first kappa shape index (κ1) is 12.5. The van der Waals surface area contributed by atoms with Crippen molar-refractivity contribution in [3.8, 4) is 0 Å². The van der Waals surface area contributed by atoms with Crippen LogP contribution in [-0.4, -0.2) is 21.8 Å². The number of hydrogen-bond acceptors (Lipinski definition) is 1. The molecule has 1 aliphatic rings. The van der Waals surface area contributed by atoms with Gasteiger partial charge >= 0.3 is 0 Å². The van der Waals surface area contributed by atoms with E-state index in [1.165, 1.54) is 12.1 Å². The summed E-state index contributed by atoms with van der Waals surface area (Å²) in [5, 5.41) is 0. The van der Waals surface area contributed by atoms with Crippen LogP contribution in [0.5, 0.6) is 0 Å². The second kappa shape index (κ2) is 4.76. The van der Waals surface area contributed by atoms with Crippen molar-refractivity contribution in [3.63, 3.8) is 0 Å². The first-order valence-electron chi connectivity index (χ1n) is 5.39. The highest BCUT2D eigenvalue weighted by Gasteiger charge is 2.26. The van der Waals surface area contributed by atoms with Crippen LogP contribution in [0.25, 0.3) is 5.70 Å². The molecule has 1 aromatic carbocycles. The lowest BCUT2D eigenvalue weighted by Gasteiger charge is -2.28. The molecule has 17 heavy (non-hydrogen) atoms. The van der Waals surface area contributed by atoms with E-state index < -0.39 is 0 Å². The third kappa shape index (κ3) is 2.36. The van der Waals surface area contributed by atoms with Gasteiger partial charge in [0.25, 0.3) is 0 Å². The van der Waals surface area contributed by atoms with Crippen LogP contribution in [-0.2, 0) is 4.79 Å². The Bertz CT molecular complexity index is 498. The molecule has 2 rings (SSSR count). The van der Waals surface area contributed by atoms with Gasteiger partial charge in [0, 0.05) is 18.3 Å². The number of benzene rings is 1. The maximum absolute atomic E-state index is 13.0. The molecule has 2 nitrogen and oxygen atoms in total. The SMILES string of the molecule is Cc1cc(F)ccc1C1=CCC(I)C(=O)N1C. The summed E-state index contributed by atoms with van der Waals surface area (Å²) in [5.74, 6) is -0.143. The van der Waals surface area contributed by atoms with Crippen molar-refractivity contribution in [1.29, 1.82) is 0 Å². The van der Waals surface area contributed by atoms with Crippen molar-refractivity contribution in [2.75, 3.05) is 7.05 Å². The molecule has 0 N–H and O–H groups in total. The number of halogens is 2. The molecule has 1 aliphatic heterocycles. The monoisotopic (exact) mass is 345 g/mol. The third-order valence-corrected chi connectivity index (χ3v) is 3.98. The Morgan fingerprint density at radius 2 is 2.18 bits per heavy atom. The molecule has 0 fully saturated rings. The van der Waals surface area contributed by atoms with E-state index in [9.17, 15) is 9.18 Å². The smallest absolute Gasteiger partial charge is 0.240 e. The number of carbonyl (C=O) groups is 1. The predicted octanol–water partition coefficient (Wildman–Crippen LogP) is 3.14. The van der Waals surface area contributed by atoms with Crippen LogP contribution in [0, 0.1) is 12.7 Å². The van der Waals surface area contributed by atoms with Crippen molar-refractivity contribution in [1.82, 2.24) is 4.90 Å². The number of rotatable bonds is 1. The first-order valence-corrected chi connectivity index (χ1v) is 6.63. The summed E-state index contributed by atoms with van der Waals surface area (Å²) in [4.78, 5) is 13.5. The van der Waals surface area contributed by atoms with Crippen LogP contribution < -0.4 is 0 Å². The van der Waals surface area contributed by atoms with Gasteiger partial charge in [-0.2, -0.15) is 0 Å². The minimum Gasteiger partial charge on any atom is -0.314 e. The van der Waals surface area contributed by atoms with E-state index in [1.807, 2.05) is 13.0 Å². The Hall–Kier alpha value is -0.910. The number of allylic oxidation sites excluding steroid dienone is 1. The molecule has 0 aromatic heterocycles. The summed E-state index contributed by atoms with van der Waals surface area (Å²) in [6.45, 7) is 1.85. The molecule has 1 aromatic rings. The van der Waals surface area contributed by atoms with Crippen LogP contribution in [0.3, 0.4) is 0 Å². The summed E-state index contributed by atoms with van der Waals surface area (Å²) in [6.07, 6.45) is 2.77. The van der Waals surface area contributed by atoms with Crippen LogP contribution in [0.2, 0.25) is 0 Å². The minimum atomic E-state index is -0.247. The number of alkyl halides is 1. The quantitative estimate of drug-likeness (QED) is 0.566. The average Bonchev–Trinajstić information content (AvgIpc) is 2.28. The fraction of sp³-hybridized carbons (Fsp3) is 0.308. The Labute approximate surface area is 114 Å². The Morgan fingerprint density at radius 1 is 1.47 bits per heavy atom. The van der Waals surface area contributed by atoms with Gasteiger partial charge < -0.3 is 4.90 Å². The predicted molar refractivity (Wildman–Crippen MR) is 74.3 cm³/mol. The lowest BCUT2D eigenvalue weighted by Crippen LogP contribution is -2.35. The highest BCUT2D eigenvalue weighted by molar-refractivity contribution is 14.1. The molecular formula is C13H13FINO. The molecule has 1 unspecified atom stereocenters. The summed E-state index contributed by atoms with van der Waals surface area (Å²) in [7, 11) is 1.77. The molecule has 0 bridgehead atoms. The Balaban J connectivity index is 2.43. The summed E-state index contributed by atoms with van der Waals surface area (Å²) >= 11 is 2.15. The fourth-order valence-electron chi connectivity index (χ4n) is 1.99. The first-order chi connectivity index (χ1) is 8.00. The van der Waals surface area contributed by atoms with Gasteiger partial charge in [0.1, 0.15) is 5.82 Å². The molecular weight excluding hydrogens is 332 g/mol. The molecule has 0 spiro atoms. The van der Waals surface area contributed by atoms with Crippen LogP contribution in [0.1, 0.15) is 17.5 Å². The Morgan fingerprint density at radius 3 is 2.82 bits per heavy atom. The zero-order chi connectivity index (χ0) is 12.6. The van der Waals surface area contributed by atoms with E-state index in [1.54, 1.807) is 18.0 Å². The van der Waals surface area contributed by atoms with Gasteiger partial charge in [-0.3, -0.25) is 4.79 Å². The van der Waals surface area contributed by atoms with Gasteiger partial charge in [-0.25, -0.2) is 4.39 Å². The average molecular weight is 345 g/mol. The van der Waals surface area contributed by atoms with Crippen LogP contribution in [0.15, 0.2) is 24.3 Å². The normalized spacial score (nSPS) is 20.5. The van der Waals surface area contributed by atoms with Crippen molar-refractivity contribution in [2.24, 2.45) is 0 Å². The highest BCUT2D eigenvalue weighted by Crippen LogP contribution is 2.29. The number of aryl methyl sites for hydroxylation is 1. The van der Waals surface area contributed by atoms with Crippen LogP contribution >= 0.6 is 22.6 Å². The van der Waals surface area contributed by atoms with Crippen molar-refractivity contribution >= 4 is 34.2 Å². The maximum atomic E-state index is 13.0. The molecule has 0 radical (unpaired) electrons. The van der Waals surface area contributed by atoms with E-state index in [4.69, 9.17) is 0 Å². The van der Waals surface area contributed by atoms with Gasteiger partial charge in [-0.1, -0.05) is 28.7 Å². The molecule has 4 heteroatoms. The maximum Gasteiger partial charge on any atom is 0.240 e. The molecule has 0 aliphatic carbocycles. The highest BCUT2D eigenvalue weighted by atomic mass is 127.